The largest absolute Gasteiger partial charge is 0.485 e. The van der Waals surface area contributed by atoms with Gasteiger partial charge in [0.1, 0.15) is 0 Å². The van der Waals surface area contributed by atoms with Crippen LogP contribution in [0, 0.1) is 0 Å². The molecule has 19 heavy (non-hydrogen) atoms. The Bertz CT molecular complexity index is 309. The van der Waals surface area contributed by atoms with Gasteiger partial charge in [0.2, 0.25) is 0 Å². The van der Waals surface area contributed by atoms with Crippen LogP contribution in [0.3, 0.4) is 0 Å². The highest BCUT2D eigenvalue weighted by Gasteiger charge is 2.58. The maximum atomic E-state index is 11.6. The van der Waals surface area contributed by atoms with Crippen molar-refractivity contribution in [2.45, 2.75) is 76.3 Å². The van der Waals surface area contributed by atoms with Crippen molar-refractivity contribution < 1.29 is 18.4 Å². The zero-order valence-corrected chi connectivity index (χ0v) is 12.9. The van der Waals surface area contributed by atoms with Crippen molar-refractivity contribution in [3.8, 4) is 0 Å². The summed E-state index contributed by atoms with van der Waals surface area (Å²) in [4.78, 5) is 23.2. The van der Waals surface area contributed by atoms with E-state index in [1.54, 1.807) is 0 Å². The van der Waals surface area contributed by atoms with Gasteiger partial charge < -0.3 is 8.85 Å². The molecule has 2 aliphatic rings. The lowest BCUT2D eigenvalue weighted by molar-refractivity contribution is -0.139. The van der Waals surface area contributed by atoms with Crippen LogP contribution in [-0.2, 0) is 18.4 Å². The molecule has 0 bridgehead atoms. The van der Waals surface area contributed by atoms with Crippen LogP contribution < -0.4 is 0 Å². The minimum absolute atomic E-state index is 0.285. The average molecular weight is 284 g/mol. The highest BCUT2D eigenvalue weighted by atomic mass is 28.4. The second kappa shape index (κ2) is 6.07. The fourth-order valence-corrected chi connectivity index (χ4v) is 8.49. The summed E-state index contributed by atoms with van der Waals surface area (Å²) in [5.74, 6) is -0.571. The molecule has 2 rings (SSSR count). The smallest absolute Gasteiger partial charge is 0.470 e. The topological polar surface area (TPSA) is 52.6 Å². The summed E-state index contributed by atoms with van der Waals surface area (Å²) in [7, 11) is -2.75. The molecule has 108 valence electrons. The normalized spacial score (nSPS) is 21.6. The molecule has 0 amide bonds. The Balaban J connectivity index is 2.29. The molecule has 0 aromatic carbocycles. The zero-order valence-electron chi connectivity index (χ0n) is 11.9. The van der Waals surface area contributed by atoms with Crippen molar-refractivity contribution in [1.29, 1.82) is 0 Å². The Morgan fingerprint density at radius 2 is 1.11 bits per heavy atom. The van der Waals surface area contributed by atoms with E-state index in [9.17, 15) is 9.59 Å². The third kappa shape index (κ3) is 3.19. The average Bonchev–Trinajstić information content (AvgIpc) is 3.01. The van der Waals surface area contributed by atoms with E-state index in [-0.39, 0.29) is 11.9 Å². The van der Waals surface area contributed by atoms with Gasteiger partial charge in [0.25, 0.3) is 11.9 Å². The van der Waals surface area contributed by atoms with Crippen LogP contribution in [0.2, 0.25) is 11.1 Å². The van der Waals surface area contributed by atoms with E-state index in [2.05, 4.69) is 0 Å². The molecule has 4 nitrogen and oxygen atoms in total. The monoisotopic (exact) mass is 284 g/mol. The van der Waals surface area contributed by atoms with Crippen LogP contribution in [0.4, 0.5) is 0 Å². The number of hydrogen-bond acceptors (Lipinski definition) is 4. The molecule has 0 unspecified atom stereocenters. The maximum absolute atomic E-state index is 11.6. The zero-order chi connectivity index (χ0) is 13.9. The van der Waals surface area contributed by atoms with Gasteiger partial charge in [-0.15, -0.1) is 0 Å². The van der Waals surface area contributed by atoms with Gasteiger partial charge in [0.15, 0.2) is 0 Å². The summed E-state index contributed by atoms with van der Waals surface area (Å²) in [6.45, 7) is 2.88. The van der Waals surface area contributed by atoms with E-state index in [0.29, 0.717) is 11.1 Å². The lowest BCUT2D eigenvalue weighted by Gasteiger charge is -2.37. The van der Waals surface area contributed by atoms with E-state index in [1.165, 1.54) is 13.8 Å². The molecular formula is C14H24O4Si. The summed E-state index contributed by atoms with van der Waals surface area (Å²) in [6, 6.07) is 0. The fraction of sp³-hybridized carbons (Fsp3) is 0.857. The van der Waals surface area contributed by atoms with E-state index >= 15 is 0 Å². The molecule has 2 aliphatic carbocycles. The number of rotatable bonds is 4. The van der Waals surface area contributed by atoms with Gasteiger partial charge in [-0.1, -0.05) is 25.7 Å². The molecule has 0 radical (unpaired) electrons. The maximum Gasteiger partial charge on any atom is 0.470 e. The number of carbonyl (C=O) groups excluding carboxylic acids is 2. The Hall–Kier alpha value is -0.843. The Morgan fingerprint density at radius 3 is 1.37 bits per heavy atom. The first kappa shape index (κ1) is 14.6. The molecule has 0 saturated heterocycles. The second-order valence-electron chi connectivity index (χ2n) is 5.87. The van der Waals surface area contributed by atoms with Gasteiger partial charge in [0, 0.05) is 24.9 Å². The first-order chi connectivity index (χ1) is 9.04. The predicted molar refractivity (Wildman–Crippen MR) is 73.7 cm³/mol. The van der Waals surface area contributed by atoms with Crippen LogP contribution in [-0.4, -0.2) is 20.5 Å². The number of hydrogen-bond donors (Lipinski definition) is 0. The van der Waals surface area contributed by atoms with E-state index in [4.69, 9.17) is 8.85 Å². The minimum atomic E-state index is -2.75. The molecular weight excluding hydrogens is 260 g/mol. The van der Waals surface area contributed by atoms with Crippen molar-refractivity contribution in [1.82, 2.24) is 0 Å². The van der Waals surface area contributed by atoms with Gasteiger partial charge in [-0.3, -0.25) is 9.59 Å². The van der Waals surface area contributed by atoms with Crippen molar-refractivity contribution in [3.63, 3.8) is 0 Å². The molecule has 0 aromatic rings. The summed E-state index contributed by atoms with van der Waals surface area (Å²) >= 11 is 0. The first-order valence-corrected chi connectivity index (χ1v) is 9.41. The minimum Gasteiger partial charge on any atom is -0.485 e. The van der Waals surface area contributed by atoms with Gasteiger partial charge in [-0.25, -0.2) is 0 Å². The number of carbonyl (C=O) groups is 2. The highest BCUT2D eigenvalue weighted by Crippen LogP contribution is 2.51. The Kier molecular flexibility index (Phi) is 4.65. The molecule has 5 heteroatoms. The summed E-state index contributed by atoms with van der Waals surface area (Å²) in [5, 5.41) is 0. The highest BCUT2D eigenvalue weighted by molar-refractivity contribution is 6.73. The molecule has 0 spiro atoms. The van der Waals surface area contributed by atoms with Crippen LogP contribution in [0.15, 0.2) is 0 Å². The third-order valence-corrected chi connectivity index (χ3v) is 9.10. The quantitative estimate of drug-likeness (QED) is 0.742. The lowest BCUT2D eigenvalue weighted by Crippen LogP contribution is -2.52. The van der Waals surface area contributed by atoms with E-state index in [1.807, 2.05) is 0 Å². The van der Waals surface area contributed by atoms with E-state index in [0.717, 1.165) is 51.4 Å². The van der Waals surface area contributed by atoms with Crippen LogP contribution >= 0.6 is 0 Å². The first-order valence-electron chi connectivity index (χ1n) is 7.44. The van der Waals surface area contributed by atoms with Crippen molar-refractivity contribution in [2.24, 2.45) is 0 Å². The molecule has 0 heterocycles. The summed E-state index contributed by atoms with van der Waals surface area (Å²) in [5.41, 5.74) is 0.617. The van der Waals surface area contributed by atoms with Gasteiger partial charge >= 0.3 is 8.56 Å². The van der Waals surface area contributed by atoms with Crippen molar-refractivity contribution in [2.75, 3.05) is 0 Å². The predicted octanol–water partition coefficient (Wildman–Crippen LogP) is 3.44. The van der Waals surface area contributed by atoms with Crippen molar-refractivity contribution >= 4 is 20.5 Å². The second-order valence-corrected chi connectivity index (χ2v) is 9.36. The SMILES string of the molecule is CC(=O)O[Si](OC(C)=O)(C1CCCC1)C1CCCC1. The Labute approximate surface area is 116 Å². The molecule has 0 N–H and O–H groups in total. The van der Waals surface area contributed by atoms with Crippen LogP contribution in [0.5, 0.6) is 0 Å². The van der Waals surface area contributed by atoms with Gasteiger partial charge in [-0.05, 0) is 25.7 Å². The van der Waals surface area contributed by atoms with Crippen LogP contribution in [0.1, 0.15) is 65.2 Å². The molecule has 2 fully saturated rings. The van der Waals surface area contributed by atoms with Gasteiger partial charge in [0.05, 0.1) is 0 Å². The molecule has 2 saturated carbocycles. The van der Waals surface area contributed by atoms with Crippen LogP contribution in [0.25, 0.3) is 0 Å². The van der Waals surface area contributed by atoms with Crippen molar-refractivity contribution in [3.05, 3.63) is 0 Å². The summed E-state index contributed by atoms with van der Waals surface area (Å²) < 4.78 is 11.5. The standard InChI is InChI=1S/C14H24O4Si/c1-11(15)17-19(18-12(2)16,13-7-3-4-8-13)14-9-5-6-10-14/h13-14H,3-10H2,1-2H3. The summed E-state index contributed by atoms with van der Waals surface area (Å²) in [6.07, 6.45) is 8.83. The molecule has 0 atom stereocenters. The van der Waals surface area contributed by atoms with E-state index < -0.39 is 8.56 Å². The third-order valence-electron chi connectivity index (χ3n) is 4.45. The molecule has 0 aliphatic heterocycles. The molecule has 0 aromatic heterocycles. The lowest BCUT2D eigenvalue weighted by atomic mass is 10.3. The fourth-order valence-electron chi connectivity index (χ4n) is 3.79. The van der Waals surface area contributed by atoms with Gasteiger partial charge in [-0.2, -0.15) is 0 Å². The Morgan fingerprint density at radius 1 is 0.789 bits per heavy atom.